The molecule has 156 valence electrons. The normalized spacial score (nSPS) is 12.7. The van der Waals surface area contributed by atoms with Gasteiger partial charge in [-0.05, 0) is 49.2 Å². The number of hydrogen-bond donors (Lipinski definition) is 2. The van der Waals surface area contributed by atoms with E-state index in [9.17, 15) is 19.2 Å². The largest absolute Gasteiger partial charge is 0.454 e. The van der Waals surface area contributed by atoms with Crippen LogP contribution in [-0.4, -0.2) is 42.7 Å². The Kier molecular flexibility index (Phi) is 6.73. The monoisotopic (exact) mass is 427 g/mol. The number of anilines is 2. The number of benzene rings is 2. The summed E-state index contributed by atoms with van der Waals surface area (Å²) in [5, 5.41) is 4.64. The lowest BCUT2D eigenvalue weighted by molar-refractivity contribution is -0.147. The zero-order valence-corrected chi connectivity index (χ0v) is 17.4. The van der Waals surface area contributed by atoms with E-state index in [4.69, 9.17) is 4.74 Å². The van der Waals surface area contributed by atoms with Gasteiger partial charge in [-0.2, -0.15) is 0 Å². The summed E-state index contributed by atoms with van der Waals surface area (Å²) in [5.41, 5.74) is 3.26. The second-order valence-corrected chi connectivity index (χ2v) is 7.72. The van der Waals surface area contributed by atoms with Gasteiger partial charge in [-0.1, -0.05) is 18.2 Å². The molecule has 1 aliphatic heterocycles. The predicted octanol–water partition coefficient (Wildman–Crippen LogP) is 2.63. The van der Waals surface area contributed by atoms with Gasteiger partial charge in [0.15, 0.2) is 6.61 Å². The summed E-state index contributed by atoms with van der Waals surface area (Å²) in [4.78, 5) is 50.3. The number of nitrogens with zero attached hydrogens (tertiary/aromatic N) is 1. The van der Waals surface area contributed by atoms with Gasteiger partial charge in [-0.25, -0.2) is 4.79 Å². The van der Waals surface area contributed by atoms with Gasteiger partial charge in [-0.3, -0.25) is 24.6 Å². The number of hydrogen-bond acceptors (Lipinski definition) is 6. The molecule has 0 fully saturated rings. The Morgan fingerprint density at radius 3 is 2.63 bits per heavy atom. The van der Waals surface area contributed by atoms with Crippen LogP contribution in [0.25, 0.3) is 0 Å². The van der Waals surface area contributed by atoms with E-state index in [-0.39, 0.29) is 18.2 Å². The summed E-state index contributed by atoms with van der Waals surface area (Å²) >= 11 is 1.40. The van der Waals surface area contributed by atoms with Crippen LogP contribution in [0.15, 0.2) is 47.4 Å². The first-order chi connectivity index (χ1) is 14.3. The summed E-state index contributed by atoms with van der Waals surface area (Å²) < 4.78 is 4.92. The highest BCUT2D eigenvalue weighted by Crippen LogP contribution is 2.34. The molecule has 2 N–H and O–H groups in total. The van der Waals surface area contributed by atoms with E-state index in [2.05, 4.69) is 10.6 Å². The van der Waals surface area contributed by atoms with Crippen LogP contribution in [0, 0.1) is 13.8 Å². The van der Waals surface area contributed by atoms with Gasteiger partial charge in [0.25, 0.3) is 5.91 Å². The Morgan fingerprint density at radius 2 is 1.87 bits per heavy atom. The minimum atomic E-state index is -0.773. The van der Waals surface area contributed by atoms with Crippen LogP contribution < -0.4 is 15.5 Å². The number of nitrogens with one attached hydrogen (secondary N) is 2. The first-order valence-electron chi connectivity index (χ1n) is 9.19. The van der Waals surface area contributed by atoms with Crippen LogP contribution in [0.3, 0.4) is 0 Å². The molecular weight excluding hydrogens is 406 g/mol. The van der Waals surface area contributed by atoms with Crippen molar-refractivity contribution in [3.8, 4) is 0 Å². The van der Waals surface area contributed by atoms with Gasteiger partial charge in [0.1, 0.15) is 6.54 Å². The molecule has 0 saturated carbocycles. The number of imide groups is 1. The van der Waals surface area contributed by atoms with Crippen molar-refractivity contribution in [2.75, 3.05) is 29.1 Å². The lowest BCUT2D eigenvalue weighted by Crippen LogP contribution is -2.41. The molecule has 0 bridgehead atoms. The molecule has 8 nitrogen and oxygen atoms in total. The third-order valence-corrected chi connectivity index (χ3v) is 5.52. The summed E-state index contributed by atoms with van der Waals surface area (Å²) in [6.07, 6.45) is 0. The van der Waals surface area contributed by atoms with E-state index in [1.165, 1.54) is 16.7 Å². The average Bonchev–Trinajstić information content (AvgIpc) is 2.71. The first kappa shape index (κ1) is 21.4. The number of para-hydroxylation sites is 1. The molecule has 30 heavy (non-hydrogen) atoms. The third-order valence-electron chi connectivity index (χ3n) is 4.48. The maximum atomic E-state index is 12.2. The number of amides is 4. The van der Waals surface area contributed by atoms with Gasteiger partial charge >= 0.3 is 12.0 Å². The first-order valence-corrected chi connectivity index (χ1v) is 10.2. The molecule has 0 unspecified atom stereocenters. The van der Waals surface area contributed by atoms with E-state index in [0.29, 0.717) is 11.4 Å². The fraction of sp³-hybridized carbons (Fsp3) is 0.238. The Labute approximate surface area is 178 Å². The summed E-state index contributed by atoms with van der Waals surface area (Å²) in [7, 11) is 0. The molecule has 0 atom stereocenters. The van der Waals surface area contributed by atoms with Crippen LogP contribution in [-0.2, 0) is 19.1 Å². The van der Waals surface area contributed by atoms with Crippen molar-refractivity contribution in [1.29, 1.82) is 0 Å². The summed E-state index contributed by atoms with van der Waals surface area (Å²) in [6, 6.07) is 11.9. The minimum Gasteiger partial charge on any atom is -0.454 e. The second-order valence-electron chi connectivity index (χ2n) is 6.70. The average molecular weight is 427 g/mol. The van der Waals surface area contributed by atoms with Crippen LogP contribution in [0.5, 0.6) is 0 Å². The van der Waals surface area contributed by atoms with Gasteiger partial charge in [-0.15, -0.1) is 11.8 Å². The highest BCUT2D eigenvalue weighted by Gasteiger charge is 2.27. The highest BCUT2D eigenvalue weighted by molar-refractivity contribution is 8.00. The van der Waals surface area contributed by atoms with Gasteiger partial charge in [0, 0.05) is 10.6 Å². The highest BCUT2D eigenvalue weighted by atomic mass is 32.2. The minimum absolute atomic E-state index is 0.215. The topological polar surface area (TPSA) is 105 Å². The Morgan fingerprint density at radius 1 is 1.10 bits per heavy atom. The Balaban J connectivity index is 1.47. The maximum absolute atomic E-state index is 12.2. The SMILES string of the molecule is Cc1ccc(NC(=O)NC(=O)COC(=O)CN2C(=O)CSc3ccccc32)cc1C. The fourth-order valence-corrected chi connectivity index (χ4v) is 3.73. The number of ether oxygens (including phenoxy) is 1. The Bertz CT molecular complexity index is 1010. The molecule has 0 aliphatic carbocycles. The van der Waals surface area contributed by atoms with Gasteiger partial charge in [0.2, 0.25) is 5.91 Å². The van der Waals surface area contributed by atoms with E-state index in [0.717, 1.165) is 16.0 Å². The molecule has 1 aliphatic rings. The molecule has 0 radical (unpaired) electrons. The number of carbonyl (C=O) groups is 4. The van der Waals surface area contributed by atoms with Crippen LogP contribution >= 0.6 is 11.8 Å². The number of aryl methyl sites for hydroxylation is 2. The lowest BCUT2D eigenvalue weighted by atomic mass is 10.1. The standard InChI is InChI=1S/C21H21N3O5S/c1-13-7-8-15(9-14(13)2)22-21(28)23-18(25)11-29-20(27)10-24-16-5-3-4-6-17(16)30-12-19(24)26/h3-9H,10-12H2,1-2H3,(H2,22,23,25,28). The molecule has 1 heterocycles. The van der Waals surface area contributed by atoms with Crippen molar-refractivity contribution < 1.29 is 23.9 Å². The predicted molar refractivity (Wildman–Crippen MR) is 114 cm³/mol. The van der Waals surface area contributed by atoms with Crippen molar-refractivity contribution in [2.45, 2.75) is 18.7 Å². The number of carbonyl (C=O) groups excluding carboxylic acids is 4. The van der Waals surface area contributed by atoms with Crippen LogP contribution in [0.2, 0.25) is 0 Å². The number of esters is 1. The number of fused-ring (bicyclic) bond motifs is 1. The number of thioether (sulfide) groups is 1. The van der Waals surface area contributed by atoms with Crippen molar-refractivity contribution in [3.63, 3.8) is 0 Å². The van der Waals surface area contributed by atoms with E-state index < -0.39 is 24.5 Å². The molecule has 4 amide bonds. The molecule has 0 aromatic heterocycles. The van der Waals surface area contributed by atoms with Crippen molar-refractivity contribution in [1.82, 2.24) is 5.32 Å². The molecule has 3 rings (SSSR count). The van der Waals surface area contributed by atoms with Crippen molar-refractivity contribution >= 4 is 47.0 Å². The smallest absolute Gasteiger partial charge is 0.326 e. The third kappa shape index (κ3) is 5.38. The second kappa shape index (κ2) is 9.45. The zero-order valence-electron chi connectivity index (χ0n) is 16.6. The molecule has 2 aromatic rings. The molecule has 9 heteroatoms. The van der Waals surface area contributed by atoms with Crippen LogP contribution in [0.1, 0.15) is 11.1 Å². The zero-order chi connectivity index (χ0) is 21.7. The molecule has 0 saturated heterocycles. The maximum Gasteiger partial charge on any atom is 0.326 e. The quantitative estimate of drug-likeness (QED) is 0.711. The lowest BCUT2D eigenvalue weighted by Gasteiger charge is -2.27. The fourth-order valence-electron chi connectivity index (χ4n) is 2.79. The van der Waals surface area contributed by atoms with Gasteiger partial charge in [0.05, 0.1) is 11.4 Å². The summed E-state index contributed by atoms with van der Waals surface area (Å²) in [6.45, 7) is 2.93. The van der Waals surface area contributed by atoms with E-state index in [1.807, 2.05) is 32.0 Å². The summed E-state index contributed by atoms with van der Waals surface area (Å²) in [5.74, 6) is -1.50. The molecular formula is C21H21N3O5S. The molecule has 2 aromatic carbocycles. The van der Waals surface area contributed by atoms with Crippen LogP contribution in [0.4, 0.5) is 16.2 Å². The number of rotatable bonds is 5. The van der Waals surface area contributed by atoms with Crippen molar-refractivity contribution in [2.24, 2.45) is 0 Å². The molecule has 0 spiro atoms. The van der Waals surface area contributed by atoms with E-state index in [1.54, 1.807) is 24.3 Å². The van der Waals surface area contributed by atoms with E-state index >= 15 is 0 Å². The van der Waals surface area contributed by atoms with Crippen molar-refractivity contribution in [3.05, 3.63) is 53.6 Å². The van der Waals surface area contributed by atoms with Gasteiger partial charge < -0.3 is 10.1 Å². The Hall–Kier alpha value is -3.33. The number of urea groups is 1.